The van der Waals surface area contributed by atoms with Gasteiger partial charge in [-0.1, -0.05) is 17.7 Å². The molecule has 1 aliphatic rings. The lowest BCUT2D eigenvalue weighted by atomic mass is 10.2. The Morgan fingerprint density at radius 3 is 2.48 bits per heavy atom. The largest absolute Gasteiger partial charge is 0.497 e. The molecule has 0 radical (unpaired) electrons. The molecule has 0 bridgehead atoms. The molecule has 1 aromatic heterocycles. The first-order chi connectivity index (χ1) is 15.8. The third kappa shape index (κ3) is 4.59. The van der Waals surface area contributed by atoms with Gasteiger partial charge in [0.25, 0.3) is 5.91 Å². The number of aryl methyl sites for hydroxylation is 2. The Morgan fingerprint density at radius 1 is 1.09 bits per heavy atom. The van der Waals surface area contributed by atoms with Crippen LogP contribution < -0.4 is 4.74 Å². The van der Waals surface area contributed by atoms with Crippen molar-refractivity contribution in [2.24, 2.45) is 4.99 Å². The van der Waals surface area contributed by atoms with Crippen LogP contribution in [0.4, 0.5) is 5.69 Å². The maximum absolute atomic E-state index is 13.1. The molecule has 4 rings (SSSR count). The minimum absolute atomic E-state index is 0.0292. The summed E-state index contributed by atoms with van der Waals surface area (Å²) in [6.45, 7) is 8.71. The summed E-state index contributed by atoms with van der Waals surface area (Å²) in [5, 5.41) is 1.38. The summed E-state index contributed by atoms with van der Waals surface area (Å²) in [6, 6.07) is 15.5. The number of ether oxygens (including phenoxy) is 1. The highest BCUT2D eigenvalue weighted by Crippen LogP contribution is 2.36. The van der Waals surface area contributed by atoms with Gasteiger partial charge in [-0.3, -0.25) is 9.69 Å². The second kappa shape index (κ2) is 9.49. The van der Waals surface area contributed by atoms with Crippen LogP contribution in [0, 0.1) is 20.8 Å². The molecule has 2 aromatic carbocycles. The summed E-state index contributed by atoms with van der Waals surface area (Å²) in [6.07, 6.45) is 1.96. The molecule has 0 aliphatic carbocycles. The molecular weight excluding hydrogens is 454 g/mol. The van der Waals surface area contributed by atoms with E-state index in [1.807, 2.05) is 55.5 Å². The molecule has 170 valence electrons. The number of aromatic nitrogens is 1. The fourth-order valence-corrected chi connectivity index (χ4v) is 5.13. The number of amidine groups is 1. The number of amides is 1. The van der Waals surface area contributed by atoms with Crippen LogP contribution in [-0.2, 0) is 4.79 Å². The summed E-state index contributed by atoms with van der Waals surface area (Å²) in [5.41, 5.74) is 6.11. The molecule has 0 atom stereocenters. The predicted octanol–water partition coefficient (Wildman–Crippen LogP) is 6.69. The van der Waals surface area contributed by atoms with Crippen LogP contribution in [0.15, 0.2) is 58.4 Å². The number of nitrogens with zero attached hydrogens (tertiary/aromatic N) is 3. The third-order valence-electron chi connectivity index (χ3n) is 5.67. The summed E-state index contributed by atoms with van der Waals surface area (Å²) in [5.74, 6) is 0.742. The Labute approximate surface area is 203 Å². The number of carbonyl (C=O) groups excluding carboxylic acids is 1. The van der Waals surface area contributed by atoms with E-state index in [1.54, 1.807) is 12.0 Å². The standard InChI is InChI=1S/C26H26ClN3O2S/c1-6-29-25(31)24(33-26(29)28-21-9-11-22(32-5)12-10-21)14-19-13-17(3)30(18(19)4)23-15-20(27)8-7-16(23)2/h7-15H,6H2,1-5H3/b24-14+,28-26?. The molecular formula is C26H26ClN3O2S. The van der Waals surface area contributed by atoms with Crippen LogP contribution in [-0.4, -0.2) is 34.2 Å². The van der Waals surface area contributed by atoms with Crippen LogP contribution in [0.5, 0.6) is 5.75 Å². The van der Waals surface area contributed by atoms with Crippen LogP contribution >= 0.6 is 23.4 Å². The molecule has 0 unspecified atom stereocenters. The van der Waals surface area contributed by atoms with Crippen molar-refractivity contribution >= 4 is 46.2 Å². The zero-order valence-electron chi connectivity index (χ0n) is 19.3. The van der Waals surface area contributed by atoms with Gasteiger partial charge in [-0.05, 0) is 99.1 Å². The van der Waals surface area contributed by atoms with E-state index in [2.05, 4.69) is 31.4 Å². The SMILES string of the molecule is CCN1C(=O)/C(=C\c2cc(C)n(-c3cc(Cl)ccc3C)c2C)SC1=Nc1ccc(OC)cc1. The second-order valence-electron chi connectivity index (χ2n) is 7.85. The van der Waals surface area contributed by atoms with Gasteiger partial charge in [0.05, 0.1) is 17.7 Å². The number of aliphatic imine (C=N–C) groups is 1. The highest BCUT2D eigenvalue weighted by Gasteiger charge is 2.32. The number of hydrogen-bond acceptors (Lipinski definition) is 4. The number of halogens is 1. The fraction of sp³-hybridized carbons (Fsp3) is 0.231. The topological polar surface area (TPSA) is 46.8 Å². The molecule has 1 saturated heterocycles. The van der Waals surface area contributed by atoms with E-state index in [4.69, 9.17) is 21.3 Å². The second-order valence-corrected chi connectivity index (χ2v) is 9.29. The fourth-order valence-electron chi connectivity index (χ4n) is 3.91. The summed E-state index contributed by atoms with van der Waals surface area (Å²) in [4.78, 5) is 20.2. The van der Waals surface area contributed by atoms with E-state index in [9.17, 15) is 4.79 Å². The van der Waals surface area contributed by atoms with Crippen LogP contribution in [0.3, 0.4) is 0 Å². The number of thioether (sulfide) groups is 1. The van der Waals surface area contributed by atoms with E-state index < -0.39 is 0 Å². The van der Waals surface area contributed by atoms with E-state index in [0.717, 1.165) is 39.6 Å². The number of methoxy groups -OCH3 is 1. The minimum Gasteiger partial charge on any atom is -0.497 e. The molecule has 3 aromatic rings. The molecule has 1 amide bonds. The minimum atomic E-state index is -0.0292. The van der Waals surface area contributed by atoms with Gasteiger partial charge in [-0.2, -0.15) is 0 Å². The summed E-state index contributed by atoms with van der Waals surface area (Å²) >= 11 is 7.67. The molecule has 0 N–H and O–H groups in total. The maximum atomic E-state index is 13.1. The van der Waals surface area contributed by atoms with E-state index >= 15 is 0 Å². The van der Waals surface area contributed by atoms with E-state index in [0.29, 0.717) is 21.6 Å². The van der Waals surface area contributed by atoms with Crippen molar-refractivity contribution in [2.45, 2.75) is 27.7 Å². The number of hydrogen-bond donors (Lipinski definition) is 0. The van der Waals surface area contributed by atoms with E-state index in [-0.39, 0.29) is 5.91 Å². The molecule has 5 nitrogen and oxygen atoms in total. The highest BCUT2D eigenvalue weighted by atomic mass is 35.5. The van der Waals surface area contributed by atoms with Crippen molar-refractivity contribution in [1.29, 1.82) is 0 Å². The molecule has 1 fully saturated rings. The third-order valence-corrected chi connectivity index (χ3v) is 6.91. The lowest BCUT2D eigenvalue weighted by molar-refractivity contribution is -0.122. The zero-order chi connectivity index (χ0) is 23.7. The molecule has 0 spiro atoms. The van der Waals surface area contributed by atoms with Gasteiger partial charge in [-0.25, -0.2) is 4.99 Å². The number of likely N-dealkylation sites (N-methyl/N-ethyl adjacent to an activating group) is 1. The number of rotatable bonds is 5. The van der Waals surface area contributed by atoms with Gasteiger partial charge < -0.3 is 9.30 Å². The molecule has 1 aliphatic heterocycles. The Morgan fingerprint density at radius 2 is 1.82 bits per heavy atom. The Bertz CT molecular complexity index is 1280. The molecule has 2 heterocycles. The molecule has 7 heteroatoms. The van der Waals surface area contributed by atoms with Gasteiger partial charge in [0, 0.05) is 28.6 Å². The normalized spacial score (nSPS) is 16.3. The quantitative estimate of drug-likeness (QED) is 0.383. The average Bonchev–Trinajstić information content (AvgIpc) is 3.25. The summed E-state index contributed by atoms with van der Waals surface area (Å²) in [7, 11) is 1.63. The highest BCUT2D eigenvalue weighted by molar-refractivity contribution is 8.18. The first-order valence-electron chi connectivity index (χ1n) is 10.7. The van der Waals surface area contributed by atoms with Gasteiger partial charge in [-0.15, -0.1) is 0 Å². The first kappa shape index (κ1) is 23.2. The Balaban J connectivity index is 1.70. The molecule has 0 saturated carbocycles. The van der Waals surface area contributed by atoms with Crippen molar-refractivity contribution in [3.05, 3.63) is 81.0 Å². The zero-order valence-corrected chi connectivity index (χ0v) is 20.9. The Hall–Kier alpha value is -2.96. The predicted molar refractivity (Wildman–Crippen MR) is 138 cm³/mol. The van der Waals surface area contributed by atoms with Gasteiger partial charge in [0.2, 0.25) is 0 Å². The lowest BCUT2D eigenvalue weighted by Gasteiger charge is -2.13. The van der Waals surface area contributed by atoms with Gasteiger partial charge >= 0.3 is 0 Å². The van der Waals surface area contributed by atoms with Crippen LogP contribution in [0.25, 0.3) is 11.8 Å². The summed E-state index contributed by atoms with van der Waals surface area (Å²) < 4.78 is 7.40. The van der Waals surface area contributed by atoms with Crippen molar-refractivity contribution in [3.63, 3.8) is 0 Å². The van der Waals surface area contributed by atoms with Crippen LogP contribution in [0.2, 0.25) is 5.02 Å². The van der Waals surface area contributed by atoms with E-state index in [1.165, 1.54) is 11.8 Å². The maximum Gasteiger partial charge on any atom is 0.266 e. The van der Waals surface area contributed by atoms with Crippen molar-refractivity contribution in [3.8, 4) is 11.4 Å². The lowest BCUT2D eigenvalue weighted by Crippen LogP contribution is -2.28. The van der Waals surface area contributed by atoms with Crippen molar-refractivity contribution < 1.29 is 9.53 Å². The van der Waals surface area contributed by atoms with Crippen molar-refractivity contribution in [2.75, 3.05) is 13.7 Å². The monoisotopic (exact) mass is 479 g/mol. The average molecular weight is 480 g/mol. The number of benzene rings is 2. The van der Waals surface area contributed by atoms with Crippen LogP contribution in [0.1, 0.15) is 29.4 Å². The smallest absolute Gasteiger partial charge is 0.266 e. The molecule has 33 heavy (non-hydrogen) atoms. The van der Waals surface area contributed by atoms with Gasteiger partial charge in [0.1, 0.15) is 5.75 Å². The van der Waals surface area contributed by atoms with Crippen molar-refractivity contribution in [1.82, 2.24) is 9.47 Å². The van der Waals surface area contributed by atoms with Gasteiger partial charge in [0.15, 0.2) is 5.17 Å². The first-order valence-corrected chi connectivity index (χ1v) is 11.9. The number of carbonyl (C=O) groups is 1. The Kier molecular flexibility index (Phi) is 6.68.